The van der Waals surface area contributed by atoms with E-state index >= 15 is 4.39 Å². The van der Waals surface area contributed by atoms with Crippen LogP contribution in [0.2, 0.25) is 0 Å². The number of hydrogen-bond acceptors (Lipinski definition) is 5. The maximum Gasteiger partial charge on any atom is 0.417 e. The van der Waals surface area contributed by atoms with Crippen LogP contribution in [0.15, 0.2) is 36.4 Å². The number of benzene rings is 2. The van der Waals surface area contributed by atoms with E-state index in [0.717, 1.165) is 17.0 Å². The molecule has 1 spiro atoms. The van der Waals surface area contributed by atoms with Crippen LogP contribution in [-0.2, 0) is 11.0 Å². The molecule has 1 heterocycles. The van der Waals surface area contributed by atoms with Crippen LogP contribution in [0.4, 0.5) is 28.9 Å². The van der Waals surface area contributed by atoms with Gasteiger partial charge in [-0.3, -0.25) is 9.69 Å². The largest absolute Gasteiger partial charge is 0.478 e. The fourth-order valence-corrected chi connectivity index (χ4v) is 4.81. The molecule has 2 aliphatic rings. The van der Waals surface area contributed by atoms with E-state index in [4.69, 9.17) is 5.26 Å². The summed E-state index contributed by atoms with van der Waals surface area (Å²) in [4.78, 5) is 27.1. The average molecular weight is 465 g/mol. The molecule has 1 aliphatic carbocycles. The first-order valence-corrected chi connectivity index (χ1v) is 9.99. The van der Waals surface area contributed by atoms with Gasteiger partial charge in [-0.1, -0.05) is 6.07 Å². The molecule has 6 nitrogen and oxygen atoms in total. The Bertz CT molecular complexity index is 1170. The van der Waals surface area contributed by atoms with Crippen molar-refractivity contribution in [1.82, 2.24) is 0 Å². The Kier molecular flexibility index (Phi) is 5.08. The zero-order chi connectivity index (χ0) is 23.4. The van der Waals surface area contributed by atoms with Crippen LogP contribution >= 0.6 is 12.6 Å². The van der Waals surface area contributed by atoms with E-state index in [0.29, 0.717) is 25.3 Å². The lowest BCUT2D eigenvalue weighted by Crippen LogP contribution is -2.55. The van der Waals surface area contributed by atoms with Crippen molar-refractivity contribution in [1.29, 1.82) is 5.26 Å². The summed E-state index contributed by atoms with van der Waals surface area (Å²) in [5.41, 5.74) is -5.17. The molecule has 2 aromatic rings. The highest BCUT2D eigenvalue weighted by atomic mass is 32.1. The molecule has 11 heteroatoms. The Morgan fingerprint density at radius 1 is 1.25 bits per heavy atom. The molecule has 0 bridgehead atoms. The second kappa shape index (κ2) is 7.41. The summed E-state index contributed by atoms with van der Waals surface area (Å²) in [6.07, 6.45) is -3.60. The number of aromatic carboxylic acids is 1. The first kappa shape index (κ1) is 22.0. The third-order valence-electron chi connectivity index (χ3n) is 5.90. The van der Waals surface area contributed by atoms with Gasteiger partial charge in [0.05, 0.1) is 28.4 Å². The molecule has 1 saturated carbocycles. The zero-order valence-electron chi connectivity index (χ0n) is 16.2. The van der Waals surface area contributed by atoms with Gasteiger partial charge in [-0.25, -0.2) is 9.18 Å². The molecule has 1 unspecified atom stereocenters. The molecule has 1 aliphatic heterocycles. The summed E-state index contributed by atoms with van der Waals surface area (Å²) < 4.78 is 55.4. The van der Waals surface area contributed by atoms with Crippen LogP contribution in [0, 0.1) is 17.1 Å². The number of carbonyl (C=O) groups excluding carboxylic acids is 1. The lowest BCUT2D eigenvalue weighted by Gasteiger charge is -2.44. The number of carbonyl (C=O) groups is 2. The summed E-state index contributed by atoms with van der Waals surface area (Å²) in [6, 6.07) is 8.05. The molecule has 1 amide bonds. The zero-order valence-corrected chi connectivity index (χ0v) is 17.1. The SMILES string of the molecule is N#Cc1ccc(N2C(=O)C3(CCC3)N(c3cccc(C(=O)O)c3F)C2S)cc1C(F)(F)F. The molecular weight excluding hydrogens is 450 g/mol. The van der Waals surface area contributed by atoms with E-state index in [1.54, 1.807) is 0 Å². The smallest absolute Gasteiger partial charge is 0.417 e. The Hall–Kier alpha value is -3.26. The highest BCUT2D eigenvalue weighted by molar-refractivity contribution is 7.81. The van der Waals surface area contributed by atoms with Gasteiger partial charge in [0, 0.05) is 5.69 Å². The summed E-state index contributed by atoms with van der Waals surface area (Å²) in [7, 11) is 0. The Morgan fingerprint density at radius 2 is 1.94 bits per heavy atom. The highest BCUT2D eigenvalue weighted by Crippen LogP contribution is 2.51. The lowest BCUT2D eigenvalue weighted by atomic mass is 9.75. The summed E-state index contributed by atoms with van der Waals surface area (Å²) in [5, 5.41) is 18.3. The maximum absolute atomic E-state index is 15.1. The van der Waals surface area contributed by atoms with Crippen molar-refractivity contribution in [2.45, 2.75) is 36.5 Å². The monoisotopic (exact) mass is 465 g/mol. The highest BCUT2D eigenvalue weighted by Gasteiger charge is 2.60. The molecule has 2 fully saturated rings. The second-order valence-corrected chi connectivity index (χ2v) is 8.02. The van der Waals surface area contributed by atoms with Crippen LogP contribution in [-0.4, -0.2) is 28.0 Å². The molecule has 0 aromatic heterocycles. The number of rotatable bonds is 3. The fraction of sp³-hybridized carbons (Fsp3) is 0.286. The Balaban J connectivity index is 1.85. The minimum absolute atomic E-state index is 0.148. The van der Waals surface area contributed by atoms with Crippen LogP contribution in [0.5, 0.6) is 0 Å². The number of hydrogen-bond donors (Lipinski definition) is 2. The van der Waals surface area contributed by atoms with Crippen LogP contribution in [0.1, 0.15) is 40.7 Å². The summed E-state index contributed by atoms with van der Waals surface area (Å²) in [5.74, 6) is -3.12. The number of halogens is 4. The average Bonchev–Trinajstić information content (AvgIpc) is 2.93. The van der Waals surface area contributed by atoms with E-state index < -0.39 is 51.6 Å². The van der Waals surface area contributed by atoms with Gasteiger partial charge < -0.3 is 10.0 Å². The Morgan fingerprint density at radius 3 is 2.47 bits per heavy atom. The molecule has 4 rings (SSSR count). The van der Waals surface area contributed by atoms with E-state index in [2.05, 4.69) is 12.6 Å². The molecule has 2 aromatic carbocycles. The second-order valence-electron chi connectivity index (χ2n) is 7.56. The quantitative estimate of drug-likeness (QED) is 0.519. The topological polar surface area (TPSA) is 84.6 Å². The number of nitrogens with zero attached hydrogens (tertiary/aromatic N) is 3. The summed E-state index contributed by atoms with van der Waals surface area (Å²) >= 11 is 4.43. The number of amides is 1. The number of nitriles is 1. The van der Waals surface area contributed by atoms with Crippen molar-refractivity contribution in [2.24, 2.45) is 0 Å². The number of carboxylic acids is 1. The predicted octanol–water partition coefficient (Wildman–Crippen LogP) is 4.40. The molecule has 1 atom stereocenters. The third-order valence-corrected chi connectivity index (χ3v) is 6.36. The fourth-order valence-electron chi connectivity index (χ4n) is 4.23. The number of anilines is 2. The van der Waals surface area contributed by atoms with Crippen molar-refractivity contribution in [3.8, 4) is 6.07 Å². The normalized spacial score (nSPS) is 19.8. The van der Waals surface area contributed by atoms with Gasteiger partial charge in [0.15, 0.2) is 11.3 Å². The van der Waals surface area contributed by atoms with Gasteiger partial charge in [-0.2, -0.15) is 18.4 Å². The van der Waals surface area contributed by atoms with Crippen molar-refractivity contribution in [3.63, 3.8) is 0 Å². The van der Waals surface area contributed by atoms with Crippen LogP contribution < -0.4 is 9.80 Å². The van der Waals surface area contributed by atoms with Gasteiger partial charge in [-0.15, -0.1) is 12.6 Å². The van der Waals surface area contributed by atoms with Crippen molar-refractivity contribution < 1.29 is 32.3 Å². The standard InChI is InChI=1S/C21H15F4N3O3S/c22-16-13(17(29)30)3-1-4-15(16)28-19(32)27(18(31)20(28)7-2-8-20)12-6-5-11(10-26)14(9-12)21(23,24)25/h1,3-6,9,19,32H,2,7-8H2,(H,29,30). The molecule has 32 heavy (non-hydrogen) atoms. The summed E-state index contributed by atoms with van der Waals surface area (Å²) in [6.45, 7) is 0. The minimum Gasteiger partial charge on any atom is -0.478 e. The number of carboxylic acid groups (broad SMARTS) is 1. The lowest BCUT2D eigenvalue weighted by molar-refractivity contribution is -0.137. The van der Waals surface area contributed by atoms with Crippen molar-refractivity contribution >= 4 is 35.9 Å². The molecule has 166 valence electrons. The third kappa shape index (κ3) is 3.09. The van der Waals surface area contributed by atoms with Gasteiger partial charge in [0.25, 0.3) is 5.91 Å². The first-order chi connectivity index (χ1) is 15.0. The maximum atomic E-state index is 15.1. The molecule has 0 radical (unpaired) electrons. The van der Waals surface area contributed by atoms with Gasteiger partial charge in [-0.05, 0) is 49.6 Å². The molecular formula is C21H15F4N3O3S. The van der Waals surface area contributed by atoms with Gasteiger partial charge in [0.2, 0.25) is 0 Å². The molecule has 1 saturated heterocycles. The molecule has 1 N–H and O–H groups in total. The first-order valence-electron chi connectivity index (χ1n) is 9.47. The number of alkyl halides is 3. The van der Waals surface area contributed by atoms with Gasteiger partial charge >= 0.3 is 12.1 Å². The van der Waals surface area contributed by atoms with E-state index in [1.807, 2.05) is 0 Å². The van der Waals surface area contributed by atoms with Crippen molar-refractivity contribution in [3.05, 3.63) is 58.9 Å². The minimum atomic E-state index is -4.83. The predicted molar refractivity (Wildman–Crippen MR) is 109 cm³/mol. The Labute approximate surface area is 185 Å². The van der Waals surface area contributed by atoms with E-state index in [9.17, 15) is 27.9 Å². The van der Waals surface area contributed by atoms with E-state index in [1.165, 1.54) is 29.2 Å². The van der Waals surface area contributed by atoms with Gasteiger partial charge in [0.1, 0.15) is 5.54 Å². The van der Waals surface area contributed by atoms with Crippen LogP contribution in [0.3, 0.4) is 0 Å². The van der Waals surface area contributed by atoms with Crippen molar-refractivity contribution in [2.75, 3.05) is 9.80 Å². The van der Waals surface area contributed by atoms with Crippen LogP contribution in [0.25, 0.3) is 0 Å². The van der Waals surface area contributed by atoms with E-state index in [-0.39, 0.29) is 11.4 Å². The number of thiol groups is 1.